The lowest BCUT2D eigenvalue weighted by molar-refractivity contribution is -0.111. The first kappa shape index (κ1) is 37.2. The highest BCUT2D eigenvalue weighted by Crippen LogP contribution is 2.67. The Morgan fingerprint density at radius 2 is 0.674 bits per heavy atom. The summed E-state index contributed by atoms with van der Waals surface area (Å²) in [5, 5.41) is 0. The van der Waals surface area contributed by atoms with Crippen molar-refractivity contribution in [2.75, 3.05) is 13.2 Å². The van der Waals surface area contributed by atoms with Gasteiger partial charge in [-0.2, -0.15) is 0 Å². The fourth-order valence-electron chi connectivity index (χ4n) is 11.8. The van der Waals surface area contributed by atoms with Crippen molar-refractivity contribution in [3.8, 4) is 0 Å². The highest BCUT2D eigenvalue weighted by molar-refractivity contribution is 5.07. The molecule has 0 bridgehead atoms. The van der Waals surface area contributed by atoms with Crippen LogP contribution in [0.4, 0.5) is 0 Å². The zero-order chi connectivity index (χ0) is 31.9. The van der Waals surface area contributed by atoms with Gasteiger partial charge in [-0.25, -0.2) is 0 Å². The Morgan fingerprint density at radius 1 is 0.370 bits per heavy atom. The maximum Gasteiger partial charge on any atom is 0.0575 e. The van der Waals surface area contributed by atoms with Gasteiger partial charge in [0.2, 0.25) is 0 Å². The Balaban J connectivity index is 0.876. The van der Waals surface area contributed by atoms with E-state index in [1.165, 1.54) is 141 Å². The summed E-state index contributed by atoms with van der Waals surface area (Å²) in [6, 6.07) is 0. The van der Waals surface area contributed by atoms with Gasteiger partial charge in [-0.05, 0) is 163 Å². The molecule has 5 fully saturated rings. The minimum atomic E-state index is 0.580. The van der Waals surface area contributed by atoms with E-state index in [9.17, 15) is 0 Å². The maximum absolute atomic E-state index is 6.35. The van der Waals surface area contributed by atoms with Gasteiger partial charge in [0.25, 0.3) is 0 Å². The molecule has 5 saturated carbocycles. The molecule has 2 spiro atoms. The topological polar surface area (TPSA) is 18.5 Å². The van der Waals surface area contributed by atoms with E-state index in [2.05, 4.69) is 13.8 Å². The molecule has 0 atom stereocenters. The Morgan fingerprint density at radius 3 is 1.02 bits per heavy atom. The molecule has 5 aliphatic carbocycles. The summed E-state index contributed by atoms with van der Waals surface area (Å²) in [5.41, 5.74) is 1.54. The van der Waals surface area contributed by atoms with Gasteiger partial charge in [0.15, 0.2) is 0 Å². The van der Waals surface area contributed by atoms with E-state index >= 15 is 0 Å². The van der Waals surface area contributed by atoms with E-state index < -0.39 is 0 Å². The molecule has 0 radical (unpaired) electrons. The van der Waals surface area contributed by atoms with Crippen LogP contribution >= 0.6 is 0 Å². The Hall–Kier alpha value is -0.0800. The molecule has 0 unspecified atom stereocenters. The molecule has 5 rings (SSSR count). The number of unbranched alkanes of at least 4 members (excludes halogenated alkanes) is 12. The van der Waals surface area contributed by atoms with Gasteiger partial charge in [0.05, 0.1) is 12.2 Å². The quantitative estimate of drug-likeness (QED) is 0.123. The minimum absolute atomic E-state index is 0.580. The molecular formula is C44H80O2. The molecule has 0 aromatic carbocycles. The summed E-state index contributed by atoms with van der Waals surface area (Å²) >= 11 is 0. The third kappa shape index (κ3) is 11.5. The highest BCUT2D eigenvalue weighted by atomic mass is 16.5. The van der Waals surface area contributed by atoms with Crippen molar-refractivity contribution in [1.82, 2.24) is 0 Å². The SMILES string of the molecule is CCCCCCCCCOC1CCC(C2CCC3(CC2)CC2(CCC(C4CCC(OCCCCCCCCC)CC4)CC2)C3)CC1. The fraction of sp³-hybridized carbons (Fsp3) is 1.00. The van der Waals surface area contributed by atoms with Gasteiger partial charge in [-0.1, -0.05) is 90.9 Å². The average molecular weight is 641 g/mol. The van der Waals surface area contributed by atoms with Gasteiger partial charge >= 0.3 is 0 Å². The second-order valence-corrected chi connectivity index (χ2v) is 18.1. The number of hydrogen-bond acceptors (Lipinski definition) is 2. The van der Waals surface area contributed by atoms with Crippen LogP contribution < -0.4 is 0 Å². The second kappa shape index (κ2) is 19.9. The average Bonchev–Trinajstić information content (AvgIpc) is 3.08. The van der Waals surface area contributed by atoms with Crippen molar-refractivity contribution < 1.29 is 9.47 Å². The second-order valence-electron chi connectivity index (χ2n) is 18.1. The lowest BCUT2D eigenvalue weighted by atomic mass is 9.43. The van der Waals surface area contributed by atoms with E-state index in [1.807, 2.05) is 0 Å². The van der Waals surface area contributed by atoms with Crippen LogP contribution in [0.2, 0.25) is 0 Å². The first-order valence-electron chi connectivity index (χ1n) is 21.9. The van der Waals surface area contributed by atoms with Gasteiger partial charge in [-0.15, -0.1) is 0 Å². The molecule has 2 heteroatoms. The fourth-order valence-corrected chi connectivity index (χ4v) is 11.8. The van der Waals surface area contributed by atoms with E-state index in [0.717, 1.165) is 47.7 Å². The Bertz CT molecular complexity index is 700. The van der Waals surface area contributed by atoms with Crippen LogP contribution in [0.15, 0.2) is 0 Å². The lowest BCUT2D eigenvalue weighted by Gasteiger charge is -2.62. The van der Waals surface area contributed by atoms with Crippen molar-refractivity contribution in [3.05, 3.63) is 0 Å². The van der Waals surface area contributed by atoms with Crippen LogP contribution in [0.3, 0.4) is 0 Å². The number of rotatable bonds is 20. The third-order valence-corrected chi connectivity index (χ3v) is 14.7. The summed E-state index contributed by atoms with van der Waals surface area (Å²) in [6.45, 7) is 6.65. The lowest BCUT2D eigenvalue weighted by Crippen LogP contribution is -2.50. The first-order chi connectivity index (χ1) is 22.6. The zero-order valence-electron chi connectivity index (χ0n) is 31.3. The van der Waals surface area contributed by atoms with Crippen LogP contribution in [0.25, 0.3) is 0 Å². The Labute approximate surface area is 288 Å². The molecule has 2 nitrogen and oxygen atoms in total. The number of hydrogen-bond donors (Lipinski definition) is 0. The summed E-state index contributed by atoms with van der Waals surface area (Å²) in [5.74, 6) is 4.11. The normalized spacial score (nSPS) is 36.7. The van der Waals surface area contributed by atoms with Crippen molar-refractivity contribution in [3.63, 3.8) is 0 Å². The predicted molar refractivity (Wildman–Crippen MR) is 197 cm³/mol. The molecular weight excluding hydrogens is 560 g/mol. The number of ether oxygens (including phenoxy) is 2. The van der Waals surface area contributed by atoms with Crippen LogP contribution in [0.1, 0.15) is 219 Å². The van der Waals surface area contributed by atoms with Crippen molar-refractivity contribution in [2.24, 2.45) is 34.5 Å². The summed E-state index contributed by atoms with van der Waals surface area (Å²) in [6.07, 6.45) is 47.5. The van der Waals surface area contributed by atoms with E-state index in [0.29, 0.717) is 12.2 Å². The molecule has 268 valence electrons. The van der Waals surface area contributed by atoms with Crippen molar-refractivity contribution in [1.29, 1.82) is 0 Å². The van der Waals surface area contributed by atoms with E-state index in [1.54, 1.807) is 64.2 Å². The summed E-state index contributed by atoms with van der Waals surface area (Å²) in [4.78, 5) is 0. The molecule has 0 aromatic heterocycles. The molecule has 0 aromatic rings. The van der Waals surface area contributed by atoms with E-state index in [4.69, 9.17) is 9.47 Å². The standard InChI is InChI=1S/C44H80O2/c1-3-5-7-9-11-13-15-33-45-41-21-17-37(18-22-41)39-25-29-43(30-26-39)35-44(36-43)31-27-40(28-32-44)38-19-23-42(24-20-38)46-34-16-14-12-10-8-6-4-2/h37-42H,3-36H2,1-2H3. The smallest absolute Gasteiger partial charge is 0.0575 e. The molecule has 0 amide bonds. The molecule has 46 heavy (non-hydrogen) atoms. The molecule has 0 heterocycles. The van der Waals surface area contributed by atoms with Crippen LogP contribution in [0.5, 0.6) is 0 Å². The summed E-state index contributed by atoms with van der Waals surface area (Å²) in [7, 11) is 0. The van der Waals surface area contributed by atoms with Gasteiger partial charge < -0.3 is 9.47 Å². The zero-order valence-corrected chi connectivity index (χ0v) is 31.3. The van der Waals surface area contributed by atoms with Gasteiger partial charge in [0.1, 0.15) is 0 Å². The van der Waals surface area contributed by atoms with Crippen LogP contribution in [-0.2, 0) is 9.47 Å². The van der Waals surface area contributed by atoms with Gasteiger partial charge in [-0.3, -0.25) is 0 Å². The predicted octanol–water partition coefficient (Wildman–Crippen LogP) is 13.8. The maximum atomic E-state index is 6.35. The van der Waals surface area contributed by atoms with Gasteiger partial charge in [0, 0.05) is 13.2 Å². The highest BCUT2D eigenvalue weighted by Gasteiger charge is 2.56. The largest absolute Gasteiger partial charge is 0.378 e. The molecule has 0 N–H and O–H groups in total. The van der Waals surface area contributed by atoms with Crippen molar-refractivity contribution >= 4 is 0 Å². The summed E-state index contributed by atoms with van der Waals surface area (Å²) < 4.78 is 12.7. The van der Waals surface area contributed by atoms with Crippen LogP contribution in [0, 0.1) is 34.5 Å². The third-order valence-electron chi connectivity index (χ3n) is 14.7. The minimum Gasteiger partial charge on any atom is -0.378 e. The van der Waals surface area contributed by atoms with Crippen molar-refractivity contribution in [2.45, 2.75) is 232 Å². The molecule has 5 aliphatic rings. The Kier molecular flexibility index (Phi) is 16.1. The first-order valence-corrected chi connectivity index (χ1v) is 21.9. The van der Waals surface area contributed by atoms with Crippen LogP contribution in [-0.4, -0.2) is 25.4 Å². The molecule has 0 aliphatic heterocycles. The molecule has 0 saturated heterocycles. The van der Waals surface area contributed by atoms with E-state index in [-0.39, 0.29) is 0 Å². The monoisotopic (exact) mass is 641 g/mol.